The van der Waals surface area contributed by atoms with Gasteiger partial charge in [0.1, 0.15) is 0 Å². The molecule has 0 saturated heterocycles. The molecule has 0 spiro atoms. The van der Waals surface area contributed by atoms with E-state index in [1.807, 2.05) is 0 Å². The van der Waals surface area contributed by atoms with E-state index in [4.69, 9.17) is 0 Å². The summed E-state index contributed by atoms with van der Waals surface area (Å²) in [6.07, 6.45) is 2.25. The molecule has 0 amide bonds. The molecule has 0 aliphatic heterocycles. The third-order valence-corrected chi connectivity index (χ3v) is 5.38. The molecular weight excluding hydrogens is 286 g/mol. The van der Waals surface area contributed by atoms with Crippen LogP contribution in [0.1, 0.15) is 32.6 Å². The first-order valence-corrected chi connectivity index (χ1v) is 8.03. The number of sulfonamides is 1. The van der Waals surface area contributed by atoms with Crippen LogP contribution in [0.2, 0.25) is 0 Å². The van der Waals surface area contributed by atoms with E-state index in [1.54, 1.807) is 0 Å². The van der Waals surface area contributed by atoms with Gasteiger partial charge in [-0.2, -0.15) is 0 Å². The van der Waals surface area contributed by atoms with E-state index in [2.05, 4.69) is 14.2 Å². The first-order valence-electron chi connectivity index (χ1n) is 6.48. The Morgan fingerprint density at radius 3 is 2.10 bits per heavy atom. The zero-order valence-electron chi connectivity index (χ0n) is 11.9. The Bertz CT molecular complexity index is 453. The molecular formula is C12H21NO6S. The van der Waals surface area contributed by atoms with Crippen molar-refractivity contribution in [3.8, 4) is 0 Å². The van der Waals surface area contributed by atoms with E-state index in [0.717, 1.165) is 7.11 Å². The van der Waals surface area contributed by atoms with Crippen molar-refractivity contribution < 1.29 is 27.5 Å². The first kappa shape index (κ1) is 16.9. The summed E-state index contributed by atoms with van der Waals surface area (Å²) < 4.78 is 35.5. The summed E-state index contributed by atoms with van der Waals surface area (Å²) >= 11 is 0. The predicted molar refractivity (Wildman–Crippen MR) is 71.3 cm³/mol. The van der Waals surface area contributed by atoms with Gasteiger partial charge in [-0.25, -0.2) is 13.1 Å². The Labute approximate surface area is 119 Å². The molecule has 1 aliphatic rings. The van der Waals surface area contributed by atoms with Crippen LogP contribution in [0.5, 0.6) is 0 Å². The number of carbonyl (C=O) groups excluding carboxylic acids is 2. The summed E-state index contributed by atoms with van der Waals surface area (Å²) in [5.41, 5.74) is 0. The SMILES string of the molecule is COC(=O)C1CCC(NS(=O)(=O)C(C)C(=O)OC)CC1. The van der Waals surface area contributed by atoms with Crippen LogP contribution in [0.15, 0.2) is 0 Å². The van der Waals surface area contributed by atoms with E-state index >= 15 is 0 Å². The minimum absolute atomic E-state index is 0.168. The van der Waals surface area contributed by atoms with E-state index in [0.29, 0.717) is 25.7 Å². The highest BCUT2D eigenvalue weighted by Gasteiger charge is 2.33. The molecule has 1 atom stereocenters. The molecule has 116 valence electrons. The smallest absolute Gasteiger partial charge is 0.325 e. The van der Waals surface area contributed by atoms with Crippen LogP contribution in [-0.4, -0.2) is 45.9 Å². The second-order valence-corrected chi connectivity index (χ2v) is 6.93. The number of carbonyl (C=O) groups is 2. The maximum Gasteiger partial charge on any atom is 0.325 e. The van der Waals surface area contributed by atoms with E-state index in [9.17, 15) is 18.0 Å². The lowest BCUT2D eigenvalue weighted by molar-refractivity contribution is -0.146. The minimum atomic E-state index is -3.76. The van der Waals surface area contributed by atoms with Gasteiger partial charge in [0, 0.05) is 6.04 Å². The highest BCUT2D eigenvalue weighted by molar-refractivity contribution is 7.90. The van der Waals surface area contributed by atoms with Crippen molar-refractivity contribution in [3.63, 3.8) is 0 Å². The highest BCUT2D eigenvalue weighted by atomic mass is 32.2. The molecule has 1 unspecified atom stereocenters. The topological polar surface area (TPSA) is 98.8 Å². The van der Waals surface area contributed by atoms with Gasteiger partial charge in [0.15, 0.2) is 5.25 Å². The molecule has 1 N–H and O–H groups in total. The van der Waals surface area contributed by atoms with Gasteiger partial charge >= 0.3 is 11.9 Å². The Kier molecular flexibility index (Phi) is 5.94. The normalized spacial score (nSPS) is 24.8. The Hall–Kier alpha value is -1.15. The highest BCUT2D eigenvalue weighted by Crippen LogP contribution is 2.26. The third-order valence-electron chi connectivity index (χ3n) is 3.59. The zero-order chi connectivity index (χ0) is 15.3. The van der Waals surface area contributed by atoms with Crippen molar-refractivity contribution in [2.24, 2.45) is 5.92 Å². The molecule has 0 radical (unpaired) electrons. The molecule has 20 heavy (non-hydrogen) atoms. The second kappa shape index (κ2) is 7.03. The van der Waals surface area contributed by atoms with Crippen LogP contribution in [0, 0.1) is 5.92 Å². The summed E-state index contributed by atoms with van der Waals surface area (Å²) in [6, 6.07) is -0.256. The van der Waals surface area contributed by atoms with E-state index < -0.39 is 21.2 Å². The Morgan fingerprint density at radius 1 is 1.10 bits per heavy atom. The van der Waals surface area contributed by atoms with Crippen LogP contribution in [0.3, 0.4) is 0 Å². The van der Waals surface area contributed by atoms with Crippen molar-refractivity contribution in [2.45, 2.75) is 43.9 Å². The number of ether oxygens (including phenoxy) is 2. The number of methoxy groups -OCH3 is 2. The maximum atomic E-state index is 12.0. The summed E-state index contributed by atoms with van der Waals surface area (Å²) in [5.74, 6) is -1.21. The predicted octanol–water partition coefficient (Wildman–Crippen LogP) is 0.199. The molecule has 1 saturated carbocycles. The maximum absolute atomic E-state index is 12.0. The van der Waals surface area contributed by atoms with Gasteiger partial charge in [0.05, 0.1) is 20.1 Å². The average molecular weight is 307 g/mol. The average Bonchev–Trinajstić information content (AvgIpc) is 2.45. The molecule has 0 aromatic carbocycles. The van der Waals surface area contributed by atoms with Gasteiger partial charge in [-0.3, -0.25) is 9.59 Å². The standard InChI is InChI=1S/C12H21NO6S/c1-8(11(14)18-2)20(16,17)13-10-6-4-9(5-7-10)12(15)19-3/h8-10,13H,4-7H2,1-3H3. The number of rotatable bonds is 5. The molecule has 7 nitrogen and oxygen atoms in total. The monoisotopic (exact) mass is 307 g/mol. The van der Waals surface area contributed by atoms with E-state index in [1.165, 1.54) is 14.0 Å². The molecule has 1 fully saturated rings. The van der Waals surface area contributed by atoms with Crippen molar-refractivity contribution in [1.29, 1.82) is 0 Å². The van der Waals surface area contributed by atoms with Crippen LogP contribution in [0.25, 0.3) is 0 Å². The number of hydrogen-bond acceptors (Lipinski definition) is 6. The van der Waals surface area contributed by atoms with Gasteiger partial charge in [0.25, 0.3) is 0 Å². The lowest BCUT2D eigenvalue weighted by Crippen LogP contribution is -2.45. The lowest BCUT2D eigenvalue weighted by atomic mass is 9.86. The summed E-state index contributed by atoms with van der Waals surface area (Å²) in [4.78, 5) is 22.7. The molecule has 0 aromatic rings. The van der Waals surface area contributed by atoms with Crippen LogP contribution in [-0.2, 0) is 29.1 Å². The number of esters is 2. The van der Waals surface area contributed by atoms with Gasteiger partial charge in [0.2, 0.25) is 10.0 Å². The summed E-state index contributed by atoms with van der Waals surface area (Å²) in [6.45, 7) is 1.29. The van der Waals surface area contributed by atoms with Crippen LogP contribution < -0.4 is 4.72 Å². The Balaban J connectivity index is 2.55. The largest absolute Gasteiger partial charge is 0.469 e. The summed E-state index contributed by atoms with van der Waals surface area (Å²) in [5, 5.41) is -1.24. The van der Waals surface area contributed by atoms with Crippen LogP contribution in [0.4, 0.5) is 0 Å². The fourth-order valence-corrected chi connectivity index (χ4v) is 3.49. The minimum Gasteiger partial charge on any atom is -0.469 e. The van der Waals surface area contributed by atoms with Crippen molar-refractivity contribution >= 4 is 22.0 Å². The quantitative estimate of drug-likeness (QED) is 0.728. The molecule has 0 aromatic heterocycles. The van der Waals surface area contributed by atoms with Crippen LogP contribution >= 0.6 is 0 Å². The first-order chi connectivity index (χ1) is 9.31. The summed E-state index contributed by atoms with van der Waals surface area (Å²) in [7, 11) is -1.26. The Morgan fingerprint density at radius 2 is 1.65 bits per heavy atom. The van der Waals surface area contributed by atoms with Gasteiger partial charge in [-0.05, 0) is 32.6 Å². The number of hydrogen-bond donors (Lipinski definition) is 1. The molecule has 1 aliphatic carbocycles. The van der Waals surface area contributed by atoms with Crippen molar-refractivity contribution in [2.75, 3.05) is 14.2 Å². The van der Waals surface area contributed by atoms with Gasteiger partial charge < -0.3 is 9.47 Å². The number of nitrogens with one attached hydrogen (secondary N) is 1. The third kappa shape index (κ3) is 4.17. The lowest BCUT2D eigenvalue weighted by Gasteiger charge is -2.28. The molecule has 0 heterocycles. The van der Waals surface area contributed by atoms with Gasteiger partial charge in [-0.1, -0.05) is 0 Å². The molecule has 0 bridgehead atoms. The second-order valence-electron chi connectivity index (χ2n) is 4.90. The zero-order valence-corrected chi connectivity index (χ0v) is 12.7. The molecule has 1 rings (SSSR count). The van der Waals surface area contributed by atoms with Gasteiger partial charge in [-0.15, -0.1) is 0 Å². The van der Waals surface area contributed by atoms with Crippen molar-refractivity contribution in [3.05, 3.63) is 0 Å². The fraction of sp³-hybridized carbons (Fsp3) is 0.833. The van der Waals surface area contributed by atoms with Crippen molar-refractivity contribution in [1.82, 2.24) is 4.72 Å². The molecule has 8 heteroatoms. The van der Waals surface area contributed by atoms with E-state index in [-0.39, 0.29) is 17.9 Å². The fourth-order valence-electron chi connectivity index (χ4n) is 2.24.